The van der Waals surface area contributed by atoms with Crippen molar-refractivity contribution in [3.8, 4) is 0 Å². The highest BCUT2D eigenvalue weighted by atomic mass is 32.2. The van der Waals surface area contributed by atoms with E-state index >= 15 is 0 Å². The first kappa shape index (κ1) is 16.5. The highest BCUT2D eigenvalue weighted by Crippen LogP contribution is 2.43. The Morgan fingerprint density at radius 2 is 1.83 bits per heavy atom. The average Bonchev–Trinajstić information content (AvgIpc) is 2.57. The zero-order valence-electron chi connectivity index (χ0n) is 13.4. The maximum atomic E-state index is 12.4. The van der Waals surface area contributed by atoms with Gasteiger partial charge in [0.15, 0.2) is 0 Å². The molecule has 0 radical (unpaired) electrons. The normalized spacial score (nSPS) is 15.2. The van der Waals surface area contributed by atoms with E-state index in [2.05, 4.69) is 15.6 Å². The van der Waals surface area contributed by atoms with Crippen LogP contribution in [0.2, 0.25) is 0 Å². The molecule has 1 aliphatic rings. The number of aromatic nitrogens is 1. The maximum Gasteiger partial charge on any atom is 0.256 e. The third-order valence-corrected chi connectivity index (χ3v) is 5.64. The molecule has 1 saturated carbocycles. The molecule has 3 rings (SSSR count). The van der Waals surface area contributed by atoms with Crippen molar-refractivity contribution in [2.24, 2.45) is 0 Å². The molecule has 0 saturated heterocycles. The minimum absolute atomic E-state index is 0.0316. The highest BCUT2D eigenvalue weighted by molar-refractivity contribution is 8.00. The largest absolute Gasteiger partial charge is 0.324 e. The molecule has 0 atom stereocenters. The van der Waals surface area contributed by atoms with Gasteiger partial charge in [0.25, 0.3) is 5.91 Å². The number of carbonyl (C=O) groups excluding carboxylic acids is 2. The number of amides is 2. The van der Waals surface area contributed by atoms with Crippen molar-refractivity contribution >= 4 is 35.1 Å². The molecule has 2 N–H and O–H groups in total. The lowest BCUT2D eigenvalue weighted by molar-refractivity contribution is -0.120. The van der Waals surface area contributed by atoms with Gasteiger partial charge < -0.3 is 10.6 Å². The number of hydrogen-bond donors (Lipinski definition) is 2. The van der Waals surface area contributed by atoms with Crippen LogP contribution in [0.15, 0.2) is 48.7 Å². The molecule has 24 heavy (non-hydrogen) atoms. The number of rotatable bonds is 5. The second-order valence-electron chi connectivity index (χ2n) is 5.76. The zero-order valence-corrected chi connectivity index (χ0v) is 14.2. The van der Waals surface area contributed by atoms with Crippen molar-refractivity contribution in [2.75, 3.05) is 16.9 Å². The van der Waals surface area contributed by atoms with Gasteiger partial charge in [-0.05, 0) is 49.8 Å². The van der Waals surface area contributed by atoms with Gasteiger partial charge in [0, 0.05) is 5.56 Å². The fourth-order valence-corrected chi connectivity index (χ4v) is 3.52. The van der Waals surface area contributed by atoms with Gasteiger partial charge in [-0.15, -0.1) is 11.8 Å². The molecule has 1 aromatic heterocycles. The minimum Gasteiger partial charge on any atom is -0.324 e. The van der Waals surface area contributed by atoms with Crippen molar-refractivity contribution in [3.05, 3.63) is 54.2 Å². The Labute approximate surface area is 145 Å². The van der Waals surface area contributed by atoms with Crippen LogP contribution in [0.25, 0.3) is 0 Å². The summed E-state index contributed by atoms with van der Waals surface area (Å²) in [5, 5.41) is 5.65. The summed E-state index contributed by atoms with van der Waals surface area (Å²) >= 11 is 1.61. The molecule has 124 valence electrons. The predicted molar refractivity (Wildman–Crippen MR) is 97.4 cm³/mol. The lowest BCUT2D eigenvalue weighted by Crippen LogP contribution is -2.45. The molecule has 2 aromatic rings. The summed E-state index contributed by atoms with van der Waals surface area (Å²) in [7, 11) is 0. The van der Waals surface area contributed by atoms with E-state index in [4.69, 9.17) is 0 Å². The quantitative estimate of drug-likeness (QED) is 0.872. The molecule has 0 spiro atoms. The number of nitrogens with zero attached hydrogens (tertiary/aromatic N) is 1. The van der Waals surface area contributed by atoms with Gasteiger partial charge >= 0.3 is 0 Å². The van der Waals surface area contributed by atoms with Crippen LogP contribution < -0.4 is 10.6 Å². The van der Waals surface area contributed by atoms with Crippen molar-refractivity contribution in [3.63, 3.8) is 0 Å². The number of anilines is 2. The fourth-order valence-electron chi connectivity index (χ4n) is 2.59. The van der Waals surface area contributed by atoms with Gasteiger partial charge in [-0.1, -0.05) is 18.2 Å². The van der Waals surface area contributed by atoms with Crippen LogP contribution in [0, 0.1) is 0 Å². The summed E-state index contributed by atoms with van der Waals surface area (Å²) in [4.78, 5) is 28.6. The van der Waals surface area contributed by atoms with E-state index < -0.39 is 0 Å². The first-order valence-electron chi connectivity index (χ1n) is 7.82. The molecular formula is C18H19N3O2S. The number of carbonyl (C=O) groups is 2. The SMILES string of the molecule is CSC1(C(=O)Nc2ccc(NC(=O)c3ccccc3)nc2)CCC1. The van der Waals surface area contributed by atoms with Crippen molar-refractivity contribution < 1.29 is 9.59 Å². The molecule has 1 aliphatic carbocycles. The molecule has 0 unspecified atom stereocenters. The summed E-state index contributed by atoms with van der Waals surface area (Å²) in [5.41, 5.74) is 1.21. The Hall–Kier alpha value is -2.34. The molecule has 1 heterocycles. The van der Waals surface area contributed by atoms with Crippen molar-refractivity contribution in [2.45, 2.75) is 24.0 Å². The monoisotopic (exact) mass is 341 g/mol. The Bertz CT molecular complexity index is 722. The van der Waals surface area contributed by atoms with Crippen LogP contribution in [0.5, 0.6) is 0 Å². The van der Waals surface area contributed by atoms with Gasteiger partial charge in [-0.3, -0.25) is 9.59 Å². The maximum absolute atomic E-state index is 12.4. The number of nitrogens with one attached hydrogen (secondary N) is 2. The van der Waals surface area contributed by atoms with Crippen LogP contribution in [0.1, 0.15) is 29.6 Å². The Morgan fingerprint density at radius 1 is 1.08 bits per heavy atom. The Kier molecular flexibility index (Phi) is 4.85. The van der Waals surface area contributed by atoms with Crippen molar-refractivity contribution in [1.29, 1.82) is 0 Å². The first-order chi connectivity index (χ1) is 11.6. The summed E-state index contributed by atoms with van der Waals surface area (Å²) in [6.45, 7) is 0. The van der Waals surface area contributed by atoms with Gasteiger partial charge in [0.05, 0.1) is 16.6 Å². The van der Waals surface area contributed by atoms with Crippen LogP contribution in [0.4, 0.5) is 11.5 Å². The topological polar surface area (TPSA) is 71.1 Å². The molecule has 6 heteroatoms. The van der Waals surface area contributed by atoms with Crippen LogP contribution in [-0.2, 0) is 4.79 Å². The molecule has 0 aliphatic heterocycles. The van der Waals surface area contributed by atoms with Gasteiger partial charge in [0.1, 0.15) is 5.82 Å². The summed E-state index contributed by atoms with van der Waals surface area (Å²) < 4.78 is -0.291. The summed E-state index contributed by atoms with van der Waals surface area (Å²) in [6, 6.07) is 12.4. The van der Waals surface area contributed by atoms with E-state index in [0.717, 1.165) is 19.3 Å². The molecular weight excluding hydrogens is 322 g/mol. The third kappa shape index (κ3) is 3.43. The van der Waals surface area contributed by atoms with E-state index in [9.17, 15) is 9.59 Å². The summed E-state index contributed by atoms with van der Waals surface area (Å²) in [6.07, 6.45) is 6.46. The predicted octanol–water partition coefficient (Wildman–Crippen LogP) is 3.56. The third-order valence-electron chi connectivity index (χ3n) is 4.26. The summed E-state index contributed by atoms with van der Waals surface area (Å²) in [5.74, 6) is 0.268. The smallest absolute Gasteiger partial charge is 0.256 e. The average molecular weight is 341 g/mol. The molecule has 5 nitrogen and oxygen atoms in total. The van der Waals surface area contributed by atoms with E-state index in [-0.39, 0.29) is 16.6 Å². The first-order valence-corrected chi connectivity index (χ1v) is 9.04. The van der Waals surface area contributed by atoms with Crippen LogP contribution in [0.3, 0.4) is 0 Å². The van der Waals surface area contributed by atoms with Crippen LogP contribution in [-0.4, -0.2) is 27.8 Å². The van der Waals surface area contributed by atoms with E-state index in [1.807, 2.05) is 24.5 Å². The molecule has 1 aromatic carbocycles. The number of thioether (sulfide) groups is 1. The van der Waals surface area contributed by atoms with Crippen LogP contribution >= 0.6 is 11.8 Å². The standard InChI is InChI=1S/C18H19N3O2S/c1-24-18(10-5-11-18)17(23)20-14-8-9-15(19-12-14)21-16(22)13-6-3-2-4-7-13/h2-4,6-9,12H,5,10-11H2,1H3,(H,20,23)(H,19,21,22). The van der Waals surface area contributed by atoms with E-state index in [1.165, 1.54) is 0 Å². The molecule has 0 bridgehead atoms. The Balaban J connectivity index is 1.61. The number of hydrogen-bond acceptors (Lipinski definition) is 4. The number of pyridine rings is 1. The molecule has 2 amide bonds. The van der Waals surface area contributed by atoms with Gasteiger partial charge in [0.2, 0.25) is 5.91 Å². The fraction of sp³-hybridized carbons (Fsp3) is 0.278. The van der Waals surface area contributed by atoms with Gasteiger partial charge in [-0.2, -0.15) is 0 Å². The van der Waals surface area contributed by atoms with E-state index in [1.54, 1.807) is 42.2 Å². The second kappa shape index (κ2) is 7.05. The second-order valence-corrected chi connectivity index (χ2v) is 6.95. The molecule has 1 fully saturated rings. The minimum atomic E-state index is -0.291. The lowest BCUT2D eigenvalue weighted by atomic mass is 9.83. The van der Waals surface area contributed by atoms with E-state index in [0.29, 0.717) is 17.1 Å². The zero-order chi connectivity index (χ0) is 17.0. The highest BCUT2D eigenvalue weighted by Gasteiger charge is 2.43. The van der Waals surface area contributed by atoms with Crippen molar-refractivity contribution in [1.82, 2.24) is 4.98 Å². The van der Waals surface area contributed by atoms with Gasteiger partial charge in [-0.25, -0.2) is 4.98 Å². The number of benzene rings is 1. The Morgan fingerprint density at radius 3 is 2.38 bits per heavy atom. The lowest BCUT2D eigenvalue weighted by Gasteiger charge is -2.38.